The third-order valence-electron chi connectivity index (χ3n) is 4.31. The summed E-state index contributed by atoms with van der Waals surface area (Å²) >= 11 is 0. The Morgan fingerprint density at radius 1 is 1.19 bits per heavy atom. The second kappa shape index (κ2) is 7.49. The third-order valence-corrected chi connectivity index (χ3v) is 4.31. The SMILES string of the molecule is Cc1noc(C)c1COc1cc2ccccc2cc1C(=O)O[C@H](C)C(N)=O. The number of aromatic nitrogens is 1. The van der Waals surface area contributed by atoms with Crippen molar-refractivity contribution in [2.75, 3.05) is 0 Å². The molecule has 0 unspecified atom stereocenters. The lowest BCUT2D eigenvalue weighted by molar-refractivity contribution is -0.125. The zero-order valence-electron chi connectivity index (χ0n) is 15.3. The number of nitrogens with two attached hydrogens (primary N) is 1. The van der Waals surface area contributed by atoms with Crippen molar-refractivity contribution in [2.45, 2.75) is 33.5 Å². The highest BCUT2D eigenvalue weighted by Gasteiger charge is 2.21. The summed E-state index contributed by atoms with van der Waals surface area (Å²) in [5, 5.41) is 5.65. The number of ether oxygens (including phenoxy) is 2. The molecule has 0 bridgehead atoms. The molecule has 0 aliphatic heterocycles. The Morgan fingerprint density at radius 3 is 2.44 bits per heavy atom. The molecule has 27 heavy (non-hydrogen) atoms. The van der Waals surface area contributed by atoms with Crippen LogP contribution in [-0.4, -0.2) is 23.1 Å². The number of aryl methyl sites for hydroxylation is 2. The molecule has 7 heteroatoms. The standard InChI is InChI=1S/C20H20N2O5/c1-11-17(12(2)27-22-11)10-25-18-9-15-7-5-4-6-14(15)8-16(18)20(24)26-13(3)19(21)23/h4-9,13H,10H2,1-3H3,(H2,21,23)/t13-/m1/s1. The van der Waals surface area contributed by atoms with Crippen LogP contribution in [0.3, 0.4) is 0 Å². The molecule has 0 saturated carbocycles. The van der Waals surface area contributed by atoms with E-state index in [9.17, 15) is 9.59 Å². The van der Waals surface area contributed by atoms with E-state index >= 15 is 0 Å². The minimum atomic E-state index is -1.04. The number of hydrogen-bond donors (Lipinski definition) is 1. The zero-order valence-corrected chi connectivity index (χ0v) is 15.3. The van der Waals surface area contributed by atoms with Crippen LogP contribution >= 0.6 is 0 Å². The number of carbonyl (C=O) groups excluding carboxylic acids is 2. The highest BCUT2D eigenvalue weighted by atomic mass is 16.5. The molecular weight excluding hydrogens is 348 g/mol. The number of esters is 1. The van der Waals surface area contributed by atoms with Gasteiger partial charge in [0.05, 0.1) is 11.3 Å². The van der Waals surface area contributed by atoms with Crippen molar-refractivity contribution in [3.63, 3.8) is 0 Å². The first-order valence-electron chi connectivity index (χ1n) is 8.44. The molecule has 0 spiro atoms. The highest BCUT2D eigenvalue weighted by molar-refractivity contribution is 5.99. The minimum absolute atomic E-state index is 0.186. The lowest BCUT2D eigenvalue weighted by atomic mass is 10.1. The quantitative estimate of drug-likeness (QED) is 0.671. The smallest absolute Gasteiger partial charge is 0.342 e. The number of amides is 1. The molecule has 0 fully saturated rings. The predicted molar refractivity (Wildman–Crippen MR) is 98.3 cm³/mol. The van der Waals surface area contributed by atoms with E-state index < -0.39 is 18.0 Å². The highest BCUT2D eigenvalue weighted by Crippen LogP contribution is 2.28. The van der Waals surface area contributed by atoms with Gasteiger partial charge in [0.1, 0.15) is 23.7 Å². The van der Waals surface area contributed by atoms with Gasteiger partial charge in [-0.3, -0.25) is 4.79 Å². The Hall–Kier alpha value is -3.35. The number of nitrogens with zero attached hydrogens (tertiary/aromatic N) is 1. The summed E-state index contributed by atoms with van der Waals surface area (Å²) in [7, 11) is 0. The molecule has 2 N–H and O–H groups in total. The molecule has 140 valence electrons. The average molecular weight is 368 g/mol. The molecular formula is C20H20N2O5. The van der Waals surface area contributed by atoms with Crippen molar-refractivity contribution < 1.29 is 23.6 Å². The monoisotopic (exact) mass is 368 g/mol. The zero-order chi connectivity index (χ0) is 19.6. The van der Waals surface area contributed by atoms with Crippen molar-refractivity contribution in [2.24, 2.45) is 5.73 Å². The molecule has 7 nitrogen and oxygen atoms in total. The van der Waals surface area contributed by atoms with Crippen LogP contribution in [0.2, 0.25) is 0 Å². The molecule has 2 aromatic carbocycles. The van der Waals surface area contributed by atoms with E-state index in [2.05, 4.69) is 5.16 Å². The molecule has 1 heterocycles. The fourth-order valence-electron chi connectivity index (χ4n) is 2.64. The lowest BCUT2D eigenvalue weighted by Gasteiger charge is -2.14. The first kappa shape index (κ1) is 18.4. The normalized spacial score (nSPS) is 12.0. The van der Waals surface area contributed by atoms with Crippen LogP contribution in [0.25, 0.3) is 10.8 Å². The first-order valence-corrected chi connectivity index (χ1v) is 8.44. The average Bonchev–Trinajstić information content (AvgIpc) is 2.96. The first-order chi connectivity index (χ1) is 12.9. The minimum Gasteiger partial charge on any atom is -0.488 e. The van der Waals surface area contributed by atoms with Gasteiger partial charge in [-0.25, -0.2) is 4.79 Å². The maximum Gasteiger partial charge on any atom is 0.342 e. The predicted octanol–water partition coefficient (Wildman–Crippen LogP) is 3.05. The van der Waals surface area contributed by atoms with Gasteiger partial charge in [-0.15, -0.1) is 0 Å². The topological polar surface area (TPSA) is 105 Å². The summed E-state index contributed by atoms with van der Waals surface area (Å²) in [5.41, 5.74) is 6.93. The van der Waals surface area contributed by atoms with Crippen LogP contribution < -0.4 is 10.5 Å². The van der Waals surface area contributed by atoms with E-state index in [0.29, 0.717) is 11.5 Å². The molecule has 0 saturated heterocycles. The van der Waals surface area contributed by atoms with Crippen LogP contribution in [0.4, 0.5) is 0 Å². The van der Waals surface area contributed by atoms with Gasteiger partial charge in [-0.2, -0.15) is 0 Å². The molecule has 1 atom stereocenters. The number of fused-ring (bicyclic) bond motifs is 1. The van der Waals surface area contributed by atoms with Crippen molar-refractivity contribution in [3.05, 3.63) is 59.0 Å². The van der Waals surface area contributed by atoms with Crippen LogP contribution in [0.15, 0.2) is 40.9 Å². The van der Waals surface area contributed by atoms with E-state index in [1.54, 1.807) is 19.1 Å². The molecule has 1 amide bonds. The van der Waals surface area contributed by atoms with E-state index in [1.807, 2.05) is 31.2 Å². The Bertz CT molecular complexity index is 989. The fourth-order valence-corrected chi connectivity index (χ4v) is 2.64. The molecule has 0 aliphatic carbocycles. The van der Waals surface area contributed by atoms with Crippen molar-refractivity contribution in [1.29, 1.82) is 0 Å². The Balaban J connectivity index is 1.96. The molecule has 0 radical (unpaired) electrons. The van der Waals surface area contributed by atoms with Gasteiger partial charge >= 0.3 is 5.97 Å². The molecule has 0 aliphatic rings. The second-order valence-electron chi connectivity index (χ2n) is 6.24. The van der Waals surface area contributed by atoms with E-state index in [1.165, 1.54) is 6.92 Å². The summed E-state index contributed by atoms with van der Waals surface area (Å²) in [4.78, 5) is 23.8. The van der Waals surface area contributed by atoms with Crippen molar-refractivity contribution in [1.82, 2.24) is 5.16 Å². The number of carbonyl (C=O) groups is 2. The van der Waals surface area contributed by atoms with Gasteiger partial charge < -0.3 is 19.7 Å². The number of primary amides is 1. The summed E-state index contributed by atoms with van der Waals surface area (Å²) in [5.74, 6) is -0.404. The molecule has 3 rings (SSSR count). The van der Waals surface area contributed by atoms with E-state index in [4.69, 9.17) is 19.7 Å². The summed E-state index contributed by atoms with van der Waals surface area (Å²) in [6, 6.07) is 11.0. The largest absolute Gasteiger partial charge is 0.488 e. The molecule has 3 aromatic rings. The van der Waals surface area contributed by atoms with Crippen LogP contribution in [0, 0.1) is 13.8 Å². The third kappa shape index (κ3) is 3.92. The fraction of sp³-hybridized carbons (Fsp3) is 0.250. The summed E-state index contributed by atoms with van der Waals surface area (Å²) in [6.07, 6.45) is -1.04. The number of rotatable bonds is 6. The van der Waals surface area contributed by atoms with Crippen LogP contribution in [0.5, 0.6) is 5.75 Å². The second-order valence-corrected chi connectivity index (χ2v) is 6.24. The Morgan fingerprint density at radius 2 is 1.85 bits per heavy atom. The van der Waals surface area contributed by atoms with Crippen LogP contribution in [-0.2, 0) is 16.1 Å². The van der Waals surface area contributed by atoms with Gasteiger partial charge in [0.15, 0.2) is 6.10 Å². The summed E-state index contributed by atoms with van der Waals surface area (Å²) in [6.45, 7) is 5.22. The lowest BCUT2D eigenvalue weighted by Crippen LogP contribution is -2.30. The van der Waals surface area contributed by atoms with Crippen molar-refractivity contribution in [3.8, 4) is 5.75 Å². The van der Waals surface area contributed by atoms with Crippen molar-refractivity contribution >= 4 is 22.6 Å². The van der Waals surface area contributed by atoms with E-state index in [0.717, 1.165) is 22.0 Å². The number of benzene rings is 2. The maximum absolute atomic E-state index is 12.6. The maximum atomic E-state index is 12.6. The van der Waals surface area contributed by atoms with Gasteiger partial charge in [0, 0.05) is 0 Å². The van der Waals surface area contributed by atoms with Gasteiger partial charge in [0.2, 0.25) is 0 Å². The number of hydrogen-bond acceptors (Lipinski definition) is 6. The van der Waals surface area contributed by atoms with Gasteiger partial charge in [-0.1, -0.05) is 29.4 Å². The van der Waals surface area contributed by atoms with Gasteiger partial charge in [0.25, 0.3) is 5.91 Å². The van der Waals surface area contributed by atoms with E-state index in [-0.39, 0.29) is 12.2 Å². The Kier molecular flexibility index (Phi) is 5.12. The van der Waals surface area contributed by atoms with Gasteiger partial charge in [-0.05, 0) is 43.7 Å². The van der Waals surface area contributed by atoms with Crippen LogP contribution in [0.1, 0.15) is 34.3 Å². The Labute approximate surface area is 156 Å². The molecule has 1 aromatic heterocycles. The summed E-state index contributed by atoms with van der Waals surface area (Å²) < 4.78 is 16.2.